The molecule has 3 heterocycles. The molecule has 32 heavy (non-hydrogen) atoms. The van der Waals surface area contributed by atoms with Crippen LogP contribution in [0, 0.1) is 5.92 Å². The maximum absolute atomic E-state index is 12.1. The lowest BCUT2D eigenvalue weighted by Gasteiger charge is -2.15. The number of fused-ring (bicyclic) bond motifs is 1. The Hall–Kier alpha value is -2.76. The van der Waals surface area contributed by atoms with Crippen molar-refractivity contribution < 1.29 is 34.0 Å². The minimum Gasteiger partial charge on any atom is -0.463 e. The molecule has 2 aromatic heterocycles. The van der Waals surface area contributed by atoms with Crippen LogP contribution in [0.4, 0.5) is 10.6 Å². The lowest BCUT2D eigenvalue weighted by molar-refractivity contribution is -0.152. The number of anilines is 1. The van der Waals surface area contributed by atoms with E-state index < -0.39 is 36.5 Å². The first-order valence-electron chi connectivity index (χ1n) is 10.8. The van der Waals surface area contributed by atoms with Gasteiger partial charge in [0.1, 0.15) is 42.9 Å². The highest BCUT2D eigenvalue weighted by Gasteiger charge is 2.45. The fourth-order valence-corrected chi connectivity index (χ4v) is 3.38. The van der Waals surface area contributed by atoms with E-state index in [-0.39, 0.29) is 18.3 Å². The SMILES string of the molecule is CCCCCOC(=O)Nc1ncnn2c(C3O[C@H](COC(=O)C(C)C)[C@@H](O)[C@H]3O)ccc12. The summed E-state index contributed by atoms with van der Waals surface area (Å²) in [6.07, 6.45) is -0.901. The van der Waals surface area contributed by atoms with Crippen LogP contribution in [0.15, 0.2) is 18.5 Å². The van der Waals surface area contributed by atoms with E-state index in [1.807, 2.05) is 0 Å². The second-order valence-electron chi connectivity index (χ2n) is 7.99. The van der Waals surface area contributed by atoms with Crippen LogP contribution in [0.3, 0.4) is 0 Å². The van der Waals surface area contributed by atoms with E-state index in [1.165, 1.54) is 10.8 Å². The zero-order valence-electron chi connectivity index (χ0n) is 18.4. The summed E-state index contributed by atoms with van der Waals surface area (Å²) in [4.78, 5) is 27.9. The Kier molecular flexibility index (Phi) is 7.99. The number of amides is 1. The molecule has 4 atom stereocenters. The van der Waals surface area contributed by atoms with Gasteiger partial charge in [-0.15, -0.1) is 0 Å². The number of carbonyl (C=O) groups is 2. The van der Waals surface area contributed by atoms with E-state index >= 15 is 0 Å². The summed E-state index contributed by atoms with van der Waals surface area (Å²) in [6, 6.07) is 3.32. The average molecular weight is 450 g/mol. The second kappa shape index (κ2) is 10.7. The van der Waals surface area contributed by atoms with Gasteiger partial charge in [-0.25, -0.2) is 14.3 Å². The molecule has 1 fully saturated rings. The predicted molar refractivity (Wildman–Crippen MR) is 113 cm³/mol. The number of unbranched alkanes of at least 4 members (excludes halogenated alkanes) is 2. The Morgan fingerprint density at radius 2 is 2.00 bits per heavy atom. The smallest absolute Gasteiger partial charge is 0.412 e. The highest BCUT2D eigenvalue weighted by atomic mass is 16.6. The highest BCUT2D eigenvalue weighted by molar-refractivity contribution is 5.88. The number of ether oxygens (including phenoxy) is 3. The summed E-state index contributed by atoms with van der Waals surface area (Å²) in [5.74, 6) is -0.496. The van der Waals surface area contributed by atoms with Crippen molar-refractivity contribution in [2.45, 2.75) is 64.4 Å². The Morgan fingerprint density at radius 1 is 1.22 bits per heavy atom. The van der Waals surface area contributed by atoms with E-state index in [4.69, 9.17) is 14.2 Å². The Morgan fingerprint density at radius 3 is 2.72 bits per heavy atom. The molecular weight excluding hydrogens is 420 g/mol. The van der Waals surface area contributed by atoms with Gasteiger partial charge < -0.3 is 24.4 Å². The minimum absolute atomic E-state index is 0.180. The third kappa shape index (κ3) is 5.34. The molecule has 0 aliphatic carbocycles. The number of nitrogens with zero attached hydrogens (tertiary/aromatic N) is 3. The number of esters is 1. The molecule has 11 heteroatoms. The summed E-state index contributed by atoms with van der Waals surface area (Å²) < 4.78 is 17.5. The second-order valence-corrected chi connectivity index (χ2v) is 7.99. The largest absolute Gasteiger partial charge is 0.463 e. The van der Waals surface area contributed by atoms with Crippen molar-refractivity contribution >= 4 is 23.4 Å². The number of aliphatic hydroxyl groups is 2. The van der Waals surface area contributed by atoms with Crippen molar-refractivity contribution in [3.63, 3.8) is 0 Å². The fraction of sp³-hybridized carbons (Fsp3) is 0.619. The monoisotopic (exact) mass is 450 g/mol. The quantitative estimate of drug-likeness (QED) is 0.385. The molecule has 2 aromatic rings. The first-order chi connectivity index (χ1) is 15.3. The Balaban J connectivity index is 1.71. The zero-order chi connectivity index (χ0) is 23.3. The summed E-state index contributed by atoms with van der Waals surface area (Å²) >= 11 is 0. The van der Waals surface area contributed by atoms with Gasteiger partial charge in [-0.3, -0.25) is 10.1 Å². The van der Waals surface area contributed by atoms with Crippen LogP contribution in [-0.2, 0) is 19.0 Å². The maximum atomic E-state index is 12.1. The summed E-state index contributed by atoms with van der Waals surface area (Å²) in [7, 11) is 0. The zero-order valence-corrected chi connectivity index (χ0v) is 18.4. The van der Waals surface area contributed by atoms with Crippen LogP contribution in [0.5, 0.6) is 0 Å². The molecule has 1 aliphatic rings. The number of hydrogen-bond acceptors (Lipinski definition) is 9. The number of carbonyl (C=O) groups excluding carboxylic acids is 2. The molecule has 0 bridgehead atoms. The lowest BCUT2D eigenvalue weighted by atomic mass is 10.1. The Labute approximate surface area is 185 Å². The van der Waals surface area contributed by atoms with Crippen molar-refractivity contribution in [2.24, 2.45) is 5.92 Å². The van der Waals surface area contributed by atoms with Crippen LogP contribution in [0.1, 0.15) is 51.8 Å². The molecule has 3 rings (SSSR count). The lowest BCUT2D eigenvalue weighted by Crippen LogP contribution is -2.34. The number of hydrogen-bond donors (Lipinski definition) is 3. The summed E-state index contributed by atoms with van der Waals surface area (Å²) in [5.41, 5.74) is 0.916. The summed E-state index contributed by atoms with van der Waals surface area (Å²) in [5, 5.41) is 27.7. The van der Waals surface area contributed by atoms with E-state index in [9.17, 15) is 19.8 Å². The van der Waals surface area contributed by atoms with E-state index in [0.717, 1.165) is 19.3 Å². The predicted octanol–water partition coefficient (Wildman–Crippen LogP) is 1.83. The molecule has 0 saturated carbocycles. The van der Waals surface area contributed by atoms with Crippen molar-refractivity contribution in [3.8, 4) is 0 Å². The van der Waals surface area contributed by atoms with Crippen LogP contribution >= 0.6 is 0 Å². The van der Waals surface area contributed by atoms with Gasteiger partial charge in [0.25, 0.3) is 0 Å². The molecular formula is C21H30N4O7. The third-order valence-corrected chi connectivity index (χ3v) is 5.20. The van der Waals surface area contributed by atoms with E-state index in [1.54, 1.807) is 26.0 Å². The van der Waals surface area contributed by atoms with Crippen molar-refractivity contribution in [1.29, 1.82) is 0 Å². The number of aliphatic hydroxyl groups excluding tert-OH is 2. The van der Waals surface area contributed by atoms with Crippen LogP contribution in [0.2, 0.25) is 0 Å². The van der Waals surface area contributed by atoms with Crippen molar-refractivity contribution in [1.82, 2.24) is 14.6 Å². The number of rotatable bonds is 9. The van der Waals surface area contributed by atoms with Crippen molar-refractivity contribution in [2.75, 3.05) is 18.5 Å². The minimum atomic E-state index is -1.26. The van der Waals surface area contributed by atoms with Crippen LogP contribution in [-0.4, -0.2) is 68.4 Å². The first kappa shape index (κ1) is 23.9. The molecule has 11 nitrogen and oxygen atoms in total. The standard InChI is InChI=1S/C21H30N4O7/c1-4-5-6-9-30-21(29)24-19-14-8-7-13(25(14)23-11-22-19)18-17(27)16(26)15(32-18)10-31-20(28)12(2)3/h7-8,11-12,15-18,26-27H,4-6,9-10H2,1-3H3,(H,22,23,24,29)/t15-,16-,17-,18?/m1/s1. The van der Waals surface area contributed by atoms with E-state index in [0.29, 0.717) is 17.8 Å². The molecule has 176 valence electrons. The highest BCUT2D eigenvalue weighted by Crippen LogP contribution is 2.35. The van der Waals surface area contributed by atoms with Gasteiger partial charge in [0.2, 0.25) is 0 Å². The number of nitrogens with one attached hydrogen (secondary N) is 1. The van der Waals surface area contributed by atoms with Crippen LogP contribution < -0.4 is 5.32 Å². The molecule has 0 spiro atoms. The molecule has 3 N–H and O–H groups in total. The molecule has 1 aliphatic heterocycles. The summed E-state index contributed by atoms with van der Waals surface area (Å²) in [6.45, 7) is 5.60. The fourth-order valence-electron chi connectivity index (χ4n) is 3.38. The molecule has 1 saturated heterocycles. The van der Waals surface area contributed by atoms with Gasteiger partial charge in [0.05, 0.1) is 18.2 Å². The first-order valence-corrected chi connectivity index (χ1v) is 10.8. The van der Waals surface area contributed by atoms with Gasteiger partial charge in [-0.2, -0.15) is 5.10 Å². The van der Waals surface area contributed by atoms with Gasteiger partial charge in [0, 0.05) is 0 Å². The van der Waals surface area contributed by atoms with Crippen LogP contribution in [0.25, 0.3) is 5.52 Å². The van der Waals surface area contributed by atoms with Crippen molar-refractivity contribution in [3.05, 3.63) is 24.2 Å². The topological polar surface area (TPSA) is 145 Å². The average Bonchev–Trinajstić information content (AvgIpc) is 3.31. The third-order valence-electron chi connectivity index (χ3n) is 5.20. The number of aromatic nitrogens is 3. The van der Waals surface area contributed by atoms with Gasteiger partial charge in [-0.1, -0.05) is 33.6 Å². The van der Waals surface area contributed by atoms with Gasteiger partial charge in [0.15, 0.2) is 5.82 Å². The molecule has 1 amide bonds. The normalized spacial score (nSPS) is 22.9. The molecule has 1 unspecified atom stereocenters. The molecule has 0 radical (unpaired) electrons. The maximum Gasteiger partial charge on any atom is 0.412 e. The van der Waals surface area contributed by atoms with Gasteiger partial charge >= 0.3 is 12.1 Å². The molecule has 0 aromatic carbocycles. The van der Waals surface area contributed by atoms with Gasteiger partial charge in [-0.05, 0) is 18.6 Å². The Bertz CT molecular complexity index is 932. The van der Waals surface area contributed by atoms with E-state index in [2.05, 4.69) is 22.3 Å².